The first kappa shape index (κ1) is 8.74. The lowest BCUT2D eigenvalue weighted by molar-refractivity contribution is 0.124. The summed E-state index contributed by atoms with van der Waals surface area (Å²) in [6, 6.07) is 0. The topological polar surface area (TPSA) is 46.5 Å². The van der Waals surface area contributed by atoms with Crippen LogP contribution in [0.15, 0.2) is 0 Å². The molecule has 1 saturated carbocycles. The normalized spacial score (nSPS) is 47.2. The van der Waals surface area contributed by atoms with E-state index in [-0.39, 0.29) is 6.61 Å². The second-order valence-electron chi connectivity index (χ2n) is 4.04. The van der Waals surface area contributed by atoms with Crippen LogP contribution in [0.4, 0.5) is 0 Å². The molecule has 3 nitrogen and oxygen atoms in total. The Labute approximate surface area is 72.6 Å². The molecule has 0 aromatic carbocycles. The summed E-state index contributed by atoms with van der Waals surface area (Å²) >= 11 is 0. The maximum absolute atomic E-state index is 12.0. The number of aliphatic hydroxyl groups excluding tert-OH is 1. The molecule has 3 aliphatic rings. The van der Waals surface area contributed by atoms with E-state index in [9.17, 15) is 4.57 Å². The van der Waals surface area contributed by atoms with E-state index in [1.54, 1.807) is 6.92 Å². The van der Waals surface area contributed by atoms with Gasteiger partial charge in [0.25, 0.3) is 0 Å². The predicted octanol–water partition coefficient (Wildman–Crippen LogP) is 1.45. The van der Waals surface area contributed by atoms with Crippen molar-refractivity contribution >= 4 is 7.37 Å². The van der Waals surface area contributed by atoms with Gasteiger partial charge in [0.1, 0.15) is 0 Å². The third-order valence-corrected chi connectivity index (χ3v) is 5.96. The second kappa shape index (κ2) is 2.83. The number of rotatable bonds is 3. The Kier molecular flexibility index (Phi) is 2.06. The summed E-state index contributed by atoms with van der Waals surface area (Å²) in [6.45, 7) is 1.90. The van der Waals surface area contributed by atoms with Gasteiger partial charge in [0.05, 0.1) is 12.7 Å². The van der Waals surface area contributed by atoms with Gasteiger partial charge in [-0.3, -0.25) is 4.57 Å². The molecule has 2 heterocycles. The number of fused-ring (bicyclic) bond motifs is 1. The Morgan fingerprint density at radius 2 is 2.33 bits per heavy atom. The van der Waals surface area contributed by atoms with E-state index < -0.39 is 13.5 Å². The summed E-state index contributed by atoms with van der Waals surface area (Å²) in [5, 5.41) is 8.98. The van der Waals surface area contributed by atoms with Gasteiger partial charge >= 0.3 is 0 Å². The van der Waals surface area contributed by atoms with Crippen molar-refractivity contribution in [2.75, 3.05) is 12.8 Å². The average Bonchev–Trinajstić information content (AvgIpc) is 2.36. The lowest BCUT2D eigenvalue weighted by Crippen LogP contribution is -2.18. The molecule has 1 N–H and O–H groups in total. The second-order valence-corrected chi connectivity index (χ2v) is 6.85. The first-order valence-corrected chi connectivity index (χ1v) is 6.39. The maximum atomic E-state index is 12.0. The molecule has 2 bridgehead atoms. The third-order valence-electron chi connectivity index (χ3n) is 2.81. The van der Waals surface area contributed by atoms with Crippen molar-refractivity contribution in [2.45, 2.75) is 31.5 Å². The fourth-order valence-corrected chi connectivity index (χ4v) is 5.41. The van der Waals surface area contributed by atoms with Gasteiger partial charge in [-0.1, -0.05) is 0 Å². The highest BCUT2D eigenvalue weighted by atomic mass is 31.2. The monoisotopic (exact) mass is 190 g/mol. The van der Waals surface area contributed by atoms with Gasteiger partial charge in [0.2, 0.25) is 7.37 Å². The molecular weight excluding hydrogens is 175 g/mol. The van der Waals surface area contributed by atoms with E-state index in [2.05, 4.69) is 0 Å². The van der Waals surface area contributed by atoms with E-state index in [1.807, 2.05) is 0 Å². The summed E-state index contributed by atoms with van der Waals surface area (Å²) in [5.41, 5.74) is 0.334. The van der Waals surface area contributed by atoms with Crippen LogP contribution in [-0.2, 0) is 9.09 Å². The zero-order valence-corrected chi connectivity index (χ0v) is 8.17. The summed E-state index contributed by atoms with van der Waals surface area (Å²) in [7, 11) is -2.30. The van der Waals surface area contributed by atoms with Crippen molar-refractivity contribution in [1.82, 2.24) is 0 Å². The smallest absolute Gasteiger partial charge is 0.206 e. The van der Waals surface area contributed by atoms with Gasteiger partial charge in [-0.05, 0) is 25.7 Å². The molecule has 0 radical (unpaired) electrons. The minimum atomic E-state index is -2.30. The zero-order chi connectivity index (χ0) is 8.77. The fourth-order valence-electron chi connectivity index (χ4n) is 2.07. The van der Waals surface area contributed by atoms with Crippen molar-refractivity contribution in [2.24, 2.45) is 5.92 Å². The summed E-state index contributed by atoms with van der Waals surface area (Å²) in [4.78, 5) is 0. The molecular formula is C8H15O3P. The van der Waals surface area contributed by atoms with Crippen molar-refractivity contribution in [3.63, 3.8) is 0 Å². The number of aliphatic hydroxyl groups is 1. The first-order chi connectivity index (χ1) is 5.60. The highest BCUT2D eigenvalue weighted by molar-refractivity contribution is 7.60. The Hall–Kier alpha value is 0.150. The molecule has 2 atom stereocenters. The molecule has 3 fully saturated rings. The molecule has 0 aromatic rings. The summed E-state index contributed by atoms with van der Waals surface area (Å²) in [5.74, 6) is 0.662. The van der Waals surface area contributed by atoms with Crippen molar-refractivity contribution in [1.29, 1.82) is 0 Å². The van der Waals surface area contributed by atoms with Crippen LogP contribution in [0.25, 0.3) is 0 Å². The molecule has 1 aliphatic carbocycles. The van der Waals surface area contributed by atoms with Crippen LogP contribution in [-0.4, -0.2) is 29.6 Å². The van der Waals surface area contributed by atoms with Crippen LogP contribution in [0.5, 0.6) is 0 Å². The zero-order valence-electron chi connectivity index (χ0n) is 7.27. The van der Waals surface area contributed by atoms with Crippen LogP contribution in [0.1, 0.15) is 19.8 Å². The Morgan fingerprint density at radius 3 is 2.75 bits per heavy atom. The molecule has 0 aromatic heterocycles. The van der Waals surface area contributed by atoms with Crippen molar-refractivity contribution in [3.8, 4) is 0 Å². The molecule has 3 rings (SSSR count). The lowest BCUT2D eigenvalue weighted by Gasteiger charge is -2.23. The van der Waals surface area contributed by atoms with Gasteiger partial charge < -0.3 is 9.63 Å². The molecule has 2 unspecified atom stereocenters. The molecule has 2 aliphatic heterocycles. The van der Waals surface area contributed by atoms with E-state index in [4.69, 9.17) is 9.63 Å². The predicted molar refractivity (Wildman–Crippen MR) is 46.6 cm³/mol. The Balaban J connectivity index is 1.90. The van der Waals surface area contributed by atoms with Crippen molar-refractivity contribution < 1.29 is 14.2 Å². The molecule has 0 amide bonds. The maximum Gasteiger partial charge on any atom is 0.206 e. The lowest BCUT2D eigenvalue weighted by atomic mass is 9.87. The molecule has 0 spiro atoms. The fraction of sp³-hybridized carbons (Fsp3) is 1.00. The van der Waals surface area contributed by atoms with Gasteiger partial charge in [-0.25, -0.2) is 0 Å². The minimum Gasteiger partial charge on any atom is -0.391 e. The highest BCUT2D eigenvalue weighted by Gasteiger charge is 2.53. The largest absolute Gasteiger partial charge is 0.391 e. The van der Waals surface area contributed by atoms with E-state index >= 15 is 0 Å². The van der Waals surface area contributed by atoms with Gasteiger partial charge in [-0.2, -0.15) is 0 Å². The Bertz CT molecular complexity index is 220. The molecule has 70 valence electrons. The quantitative estimate of drug-likeness (QED) is 0.685. The van der Waals surface area contributed by atoms with E-state index in [0.29, 0.717) is 11.6 Å². The molecule has 4 heteroatoms. The summed E-state index contributed by atoms with van der Waals surface area (Å²) in [6.07, 6.45) is 2.46. The minimum absolute atomic E-state index is 0.237. The number of hydrogen-bond donors (Lipinski definition) is 1. The summed E-state index contributed by atoms with van der Waals surface area (Å²) < 4.78 is 17.3. The van der Waals surface area contributed by atoms with Gasteiger partial charge in [0.15, 0.2) is 0 Å². The highest BCUT2D eigenvalue weighted by Crippen LogP contribution is 2.70. The van der Waals surface area contributed by atoms with Crippen LogP contribution < -0.4 is 0 Å². The van der Waals surface area contributed by atoms with Crippen LogP contribution in [0, 0.1) is 5.92 Å². The van der Waals surface area contributed by atoms with Crippen LogP contribution in [0.2, 0.25) is 0 Å². The third kappa shape index (κ3) is 1.34. The molecule has 2 saturated heterocycles. The van der Waals surface area contributed by atoms with Crippen LogP contribution >= 0.6 is 7.37 Å². The van der Waals surface area contributed by atoms with Gasteiger partial charge in [0, 0.05) is 11.8 Å². The number of hydrogen-bond acceptors (Lipinski definition) is 3. The van der Waals surface area contributed by atoms with E-state index in [0.717, 1.165) is 19.0 Å². The molecule has 12 heavy (non-hydrogen) atoms. The van der Waals surface area contributed by atoms with Crippen LogP contribution in [0.3, 0.4) is 0 Å². The Morgan fingerprint density at radius 1 is 1.67 bits per heavy atom. The average molecular weight is 190 g/mol. The standard InChI is InChI=1S/C8H15O3P/c1-6(9)4-11-12(10)5-7-2-8(12)3-7/h6-9H,2-5H2,1H3. The van der Waals surface area contributed by atoms with Crippen molar-refractivity contribution in [3.05, 3.63) is 0 Å². The first-order valence-electron chi connectivity index (χ1n) is 4.51. The SMILES string of the molecule is CC(O)COP1(=O)CC2CC1C2. The van der Waals surface area contributed by atoms with Gasteiger partial charge in [-0.15, -0.1) is 0 Å². The van der Waals surface area contributed by atoms with E-state index in [1.165, 1.54) is 0 Å².